The highest BCUT2D eigenvalue weighted by atomic mass is 16.2. The normalized spacial score (nSPS) is 12.5. The van der Waals surface area contributed by atoms with E-state index in [0.717, 1.165) is 25.7 Å². The molecule has 0 saturated heterocycles. The molecule has 4 nitrogen and oxygen atoms in total. The van der Waals surface area contributed by atoms with Gasteiger partial charge in [0.05, 0.1) is 6.04 Å². The Morgan fingerprint density at radius 2 is 2.23 bits per heavy atom. The number of unbranched alkanes of at least 4 members (excludes halogenated alkanes) is 1. The number of hydrogen-bond donors (Lipinski definition) is 3. The Kier molecular flexibility index (Phi) is 7.63. The number of carbonyl (C=O) groups is 1. The highest BCUT2D eigenvalue weighted by molar-refractivity contribution is 5.81. The topological polar surface area (TPSA) is 75.4 Å². The summed E-state index contributed by atoms with van der Waals surface area (Å²) in [6.45, 7) is 2.78. The van der Waals surface area contributed by atoms with Crippen LogP contribution in [0.5, 0.6) is 0 Å². The van der Waals surface area contributed by atoms with Crippen LogP contribution in [0.25, 0.3) is 0 Å². The van der Waals surface area contributed by atoms with Crippen LogP contribution in [-0.2, 0) is 4.79 Å². The fourth-order valence-corrected chi connectivity index (χ4v) is 1.02. The molecule has 0 spiro atoms. The maximum atomic E-state index is 11.2. The van der Waals surface area contributed by atoms with Gasteiger partial charge in [0, 0.05) is 13.2 Å². The SMILES string of the molecule is CCC[C@H](N)C(=O)NCCCCO. The van der Waals surface area contributed by atoms with Crippen molar-refractivity contribution in [2.45, 2.75) is 38.6 Å². The highest BCUT2D eigenvalue weighted by Crippen LogP contribution is 1.93. The van der Waals surface area contributed by atoms with Gasteiger partial charge in [-0.3, -0.25) is 4.79 Å². The summed E-state index contributed by atoms with van der Waals surface area (Å²) in [5.74, 6) is -0.0835. The molecule has 0 fully saturated rings. The van der Waals surface area contributed by atoms with Crippen molar-refractivity contribution in [1.29, 1.82) is 0 Å². The van der Waals surface area contributed by atoms with Crippen LogP contribution < -0.4 is 11.1 Å². The molecule has 0 bridgehead atoms. The van der Waals surface area contributed by atoms with E-state index in [1.165, 1.54) is 0 Å². The van der Waals surface area contributed by atoms with E-state index < -0.39 is 0 Å². The van der Waals surface area contributed by atoms with Gasteiger partial charge in [-0.25, -0.2) is 0 Å². The summed E-state index contributed by atoms with van der Waals surface area (Å²) in [4.78, 5) is 11.2. The second-order valence-corrected chi connectivity index (χ2v) is 3.12. The molecule has 0 aliphatic carbocycles. The molecular weight excluding hydrogens is 168 g/mol. The minimum absolute atomic E-state index is 0.0835. The average Bonchev–Trinajstić information content (AvgIpc) is 2.12. The second kappa shape index (κ2) is 8.01. The standard InChI is InChI=1S/C9H20N2O2/c1-2-5-8(10)9(13)11-6-3-4-7-12/h8,12H,2-7,10H2,1H3,(H,11,13)/t8-/m0/s1. The van der Waals surface area contributed by atoms with Gasteiger partial charge in [0.25, 0.3) is 0 Å². The van der Waals surface area contributed by atoms with E-state index in [1.807, 2.05) is 6.92 Å². The first-order chi connectivity index (χ1) is 6.22. The molecule has 0 aliphatic rings. The van der Waals surface area contributed by atoms with Gasteiger partial charge < -0.3 is 16.2 Å². The van der Waals surface area contributed by atoms with Gasteiger partial charge in [-0.2, -0.15) is 0 Å². The molecule has 0 radical (unpaired) electrons. The zero-order valence-electron chi connectivity index (χ0n) is 8.25. The molecule has 0 rings (SSSR count). The Morgan fingerprint density at radius 3 is 2.77 bits per heavy atom. The average molecular weight is 188 g/mol. The summed E-state index contributed by atoms with van der Waals surface area (Å²) in [7, 11) is 0. The molecule has 0 aromatic heterocycles. The Morgan fingerprint density at radius 1 is 1.54 bits per heavy atom. The minimum Gasteiger partial charge on any atom is -0.396 e. The van der Waals surface area contributed by atoms with E-state index in [1.54, 1.807) is 0 Å². The van der Waals surface area contributed by atoms with Gasteiger partial charge in [0.2, 0.25) is 5.91 Å². The number of amides is 1. The lowest BCUT2D eigenvalue weighted by atomic mass is 10.1. The second-order valence-electron chi connectivity index (χ2n) is 3.12. The first-order valence-corrected chi connectivity index (χ1v) is 4.86. The number of hydrogen-bond acceptors (Lipinski definition) is 3. The van der Waals surface area contributed by atoms with E-state index in [2.05, 4.69) is 5.32 Å². The summed E-state index contributed by atoms with van der Waals surface area (Å²) in [6.07, 6.45) is 3.18. The molecule has 13 heavy (non-hydrogen) atoms. The highest BCUT2D eigenvalue weighted by Gasteiger charge is 2.10. The van der Waals surface area contributed by atoms with Crippen LogP contribution in [0.2, 0.25) is 0 Å². The largest absolute Gasteiger partial charge is 0.396 e. The zero-order valence-corrected chi connectivity index (χ0v) is 8.25. The fourth-order valence-electron chi connectivity index (χ4n) is 1.02. The molecule has 0 aromatic rings. The molecule has 0 aliphatic heterocycles. The van der Waals surface area contributed by atoms with Crippen molar-refractivity contribution in [3.05, 3.63) is 0 Å². The number of aliphatic hydroxyl groups excluding tert-OH is 1. The number of aliphatic hydroxyl groups is 1. The van der Waals surface area contributed by atoms with E-state index >= 15 is 0 Å². The van der Waals surface area contributed by atoms with Crippen molar-refractivity contribution in [1.82, 2.24) is 5.32 Å². The third-order valence-electron chi connectivity index (χ3n) is 1.82. The van der Waals surface area contributed by atoms with Crippen molar-refractivity contribution in [2.24, 2.45) is 5.73 Å². The van der Waals surface area contributed by atoms with Crippen molar-refractivity contribution in [3.8, 4) is 0 Å². The van der Waals surface area contributed by atoms with E-state index in [4.69, 9.17) is 10.8 Å². The molecule has 4 heteroatoms. The predicted octanol–water partition coefficient (Wildman–Crippen LogP) is 0.00250. The number of rotatable bonds is 7. The van der Waals surface area contributed by atoms with Crippen LogP contribution in [0.3, 0.4) is 0 Å². The van der Waals surface area contributed by atoms with E-state index in [-0.39, 0.29) is 18.6 Å². The zero-order chi connectivity index (χ0) is 10.1. The lowest BCUT2D eigenvalue weighted by molar-refractivity contribution is -0.122. The van der Waals surface area contributed by atoms with Gasteiger partial charge in [-0.05, 0) is 19.3 Å². The van der Waals surface area contributed by atoms with Crippen molar-refractivity contribution >= 4 is 5.91 Å². The number of nitrogens with two attached hydrogens (primary N) is 1. The Hall–Kier alpha value is -0.610. The summed E-state index contributed by atoms with van der Waals surface area (Å²) >= 11 is 0. The van der Waals surface area contributed by atoms with Crippen LogP contribution >= 0.6 is 0 Å². The lowest BCUT2D eigenvalue weighted by Crippen LogP contribution is -2.40. The number of carbonyl (C=O) groups excluding carboxylic acids is 1. The Bertz CT molecular complexity index is 140. The predicted molar refractivity (Wildman–Crippen MR) is 52.2 cm³/mol. The third kappa shape index (κ3) is 6.54. The maximum absolute atomic E-state index is 11.2. The fraction of sp³-hybridized carbons (Fsp3) is 0.889. The molecule has 1 atom stereocenters. The van der Waals surface area contributed by atoms with Crippen molar-refractivity contribution in [2.75, 3.05) is 13.2 Å². The van der Waals surface area contributed by atoms with Gasteiger partial charge in [-0.1, -0.05) is 13.3 Å². The summed E-state index contributed by atoms with van der Waals surface area (Å²) in [6, 6.07) is -0.376. The molecule has 0 aromatic carbocycles. The summed E-state index contributed by atoms with van der Waals surface area (Å²) < 4.78 is 0. The van der Waals surface area contributed by atoms with Gasteiger partial charge in [-0.15, -0.1) is 0 Å². The van der Waals surface area contributed by atoms with E-state index in [0.29, 0.717) is 6.54 Å². The van der Waals surface area contributed by atoms with Crippen molar-refractivity contribution < 1.29 is 9.90 Å². The van der Waals surface area contributed by atoms with Gasteiger partial charge >= 0.3 is 0 Å². The maximum Gasteiger partial charge on any atom is 0.236 e. The molecule has 0 heterocycles. The minimum atomic E-state index is -0.376. The van der Waals surface area contributed by atoms with Gasteiger partial charge in [0.1, 0.15) is 0 Å². The van der Waals surface area contributed by atoms with Crippen LogP contribution in [0.15, 0.2) is 0 Å². The summed E-state index contributed by atoms with van der Waals surface area (Å²) in [5.41, 5.74) is 5.58. The smallest absolute Gasteiger partial charge is 0.236 e. The van der Waals surface area contributed by atoms with Gasteiger partial charge in [0.15, 0.2) is 0 Å². The molecule has 0 saturated carbocycles. The quantitative estimate of drug-likeness (QED) is 0.492. The number of nitrogens with one attached hydrogen (secondary N) is 1. The third-order valence-corrected chi connectivity index (χ3v) is 1.82. The lowest BCUT2D eigenvalue weighted by Gasteiger charge is -2.10. The van der Waals surface area contributed by atoms with E-state index in [9.17, 15) is 4.79 Å². The molecule has 78 valence electrons. The van der Waals surface area contributed by atoms with Crippen LogP contribution in [0.4, 0.5) is 0 Å². The van der Waals surface area contributed by atoms with Crippen LogP contribution in [0.1, 0.15) is 32.6 Å². The van der Waals surface area contributed by atoms with Crippen LogP contribution in [0, 0.1) is 0 Å². The monoisotopic (exact) mass is 188 g/mol. The molecule has 1 amide bonds. The summed E-state index contributed by atoms with van der Waals surface area (Å²) in [5, 5.41) is 11.2. The molecule has 0 unspecified atom stereocenters. The van der Waals surface area contributed by atoms with Crippen molar-refractivity contribution in [3.63, 3.8) is 0 Å². The Labute approximate surface area is 79.5 Å². The molecule has 4 N–H and O–H groups in total. The van der Waals surface area contributed by atoms with Crippen LogP contribution in [-0.4, -0.2) is 30.2 Å². The Balaban J connectivity index is 3.38. The first kappa shape index (κ1) is 12.4. The first-order valence-electron chi connectivity index (χ1n) is 4.86. The molecular formula is C9H20N2O2.